The molecular formula is C23H29N3O4S2. The summed E-state index contributed by atoms with van der Waals surface area (Å²) in [4.78, 5) is 47.0. The van der Waals surface area contributed by atoms with Crippen molar-refractivity contribution in [3.63, 3.8) is 0 Å². The second kappa shape index (κ2) is 10.7. The Morgan fingerprint density at radius 2 is 1.97 bits per heavy atom. The molecule has 1 aromatic rings. The minimum atomic E-state index is -0.733. The molecular weight excluding hydrogens is 446 g/mol. The van der Waals surface area contributed by atoms with Gasteiger partial charge in [-0.15, -0.1) is 0 Å². The first-order valence-electron chi connectivity index (χ1n) is 11.3. The number of nitrogens with zero attached hydrogens (tertiary/aromatic N) is 3. The Morgan fingerprint density at radius 1 is 1.22 bits per heavy atom. The molecule has 2 fully saturated rings. The van der Waals surface area contributed by atoms with Gasteiger partial charge in [0.05, 0.1) is 31.0 Å². The fourth-order valence-electron chi connectivity index (χ4n) is 4.55. The quantitative estimate of drug-likeness (QED) is 0.560. The van der Waals surface area contributed by atoms with Gasteiger partial charge in [0.2, 0.25) is 11.8 Å². The van der Waals surface area contributed by atoms with Crippen LogP contribution in [0, 0.1) is 0 Å². The van der Waals surface area contributed by atoms with Gasteiger partial charge in [0, 0.05) is 11.8 Å². The zero-order chi connectivity index (χ0) is 22.5. The number of carbonyl (C=O) groups excluding carboxylic acids is 3. The molecule has 2 heterocycles. The van der Waals surface area contributed by atoms with Crippen LogP contribution in [0.5, 0.6) is 5.75 Å². The Bertz CT molecular complexity index is 884. The van der Waals surface area contributed by atoms with Crippen molar-refractivity contribution >= 4 is 51.3 Å². The van der Waals surface area contributed by atoms with Gasteiger partial charge in [-0.2, -0.15) is 0 Å². The molecule has 1 unspecified atom stereocenters. The summed E-state index contributed by atoms with van der Waals surface area (Å²) in [7, 11) is 0. The van der Waals surface area contributed by atoms with Gasteiger partial charge in [-0.3, -0.25) is 19.4 Å². The molecule has 4 rings (SSSR count). The lowest BCUT2D eigenvalue weighted by Crippen LogP contribution is -2.52. The molecule has 0 N–H and O–H groups in total. The lowest BCUT2D eigenvalue weighted by atomic mass is 9.92. The van der Waals surface area contributed by atoms with E-state index < -0.39 is 6.04 Å². The van der Waals surface area contributed by atoms with E-state index in [0.29, 0.717) is 18.0 Å². The normalized spacial score (nSPS) is 21.7. The Balaban J connectivity index is 1.52. The predicted molar refractivity (Wildman–Crippen MR) is 129 cm³/mol. The van der Waals surface area contributed by atoms with E-state index in [-0.39, 0.29) is 35.9 Å². The summed E-state index contributed by atoms with van der Waals surface area (Å²) in [5.74, 6) is 1.25. The number of anilines is 1. The maximum Gasteiger partial charge on any atom is 0.257 e. The fraction of sp³-hybridized carbons (Fsp3) is 0.565. The number of carbonyl (C=O) groups is 3. The first-order valence-corrected chi connectivity index (χ1v) is 13.3. The second-order valence-corrected chi connectivity index (χ2v) is 10.4. The van der Waals surface area contributed by atoms with Crippen LogP contribution < -0.4 is 9.64 Å². The Morgan fingerprint density at radius 3 is 2.62 bits per heavy atom. The Kier molecular flexibility index (Phi) is 7.78. The zero-order valence-corrected chi connectivity index (χ0v) is 20.0. The number of hydrogen-bond acceptors (Lipinski definition) is 7. The molecule has 0 spiro atoms. The van der Waals surface area contributed by atoms with E-state index in [2.05, 4.69) is 4.99 Å². The molecule has 1 saturated carbocycles. The van der Waals surface area contributed by atoms with Crippen molar-refractivity contribution in [2.24, 2.45) is 4.99 Å². The van der Waals surface area contributed by atoms with Crippen molar-refractivity contribution in [3.05, 3.63) is 24.3 Å². The van der Waals surface area contributed by atoms with Crippen molar-refractivity contribution < 1.29 is 19.1 Å². The highest BCUT2D eigenvalue weighted by Gasteiger charge is 2.46. The molecule has 172 valence electrons. The van der Waals surface area contributed by atoms with Gasteiger partial charge in [0.25, 0.3) is 5.91 Å². The summed E-state index contributed by atoms with van der Waals surface area (Å²) in [6, 6.07) is 6.24. The molecule has 3 amide bonds. The molecule has 1 atom stereocenters. The van der Waals surface area contributed by atoms with Gasteiger partial charge in [-0.1, -0.05) is 42.8 Å². The van der Waals surface area contributed by atoms with E-state index in [4.69, 9.17) is 4.74 Å². The molecule has 1 aliphatic carbocycles. The molecule has 7 nitrogen and oxygen atoms in total. The van der Waals surface area contributed by atoms with Crippen LogP contribution in [0.15, 0.2) is 29.3 Å². The lowest BCUT2D eigenvalue weighted by Gasteiger charge is -2.37. The Labute approximate surface area is 197 Å². The highest BCUT2D eigenvalue weighted by atomic mass is 32.2. The predicted octanol–water partition coefficient (Wildman–Crippen LogP) is 3.71. The average molecular weight is 476 g/mol. The van der Waals surface area contributed by atoms with Crippen LogP contribution in [0.2, 0.25) is 0 Å². The standard InChI is InChI=1S/C23H29N3O4S2/c1-2-30-18-10-8-17(9-11-18)26-20(27)14-19(22(26)29)25(16-6-4-3-5-7-16)21(28)15-32-23-24-12-13-31-23/h8-11,16,19H,2-7,12-15H2,1H3. The SMILES string of the molecule is CCOc1ccc(N2C(=O)CC(N(C(=O)CSC3=NCCS3)C3CCCCC3)C2=O)cc1. The summed E-state index contributed by atoms with van der Waals surface area (Å²) in [5.41, 5.74) is 0.521. The third-order valence-electron chi connectivity index (χ3n) is 6.00. The topological polar surface area (TPSA) is 79.3 Å². The highest BCUT2D eigenvalue weighted by molar-refractivity contribution is 8.39. The molecule has 1 saturated heterocycles. The summed E-state index contributed by atoms with van der Waals surface area (Å²) in [6.07, 6.45) is 5.04. The molecule has 0 radical (unpaired) electrons. The number of amides is 3. The summed E-state index contributed by atoms with van der Waals surface area (Å²) < 4.78 is 6.40. The van der Waals surface area contributed by atoms with Gasteiger partial charge in [0.1, 0.15) is 16.2 Å². The molecule has 1 aromatic carbocycles. The minimum Gasteiger partial charge on any atom is -0.494 e. The van der Waals surface area contributed by atoms with E-state index in [9.17, 15) is 14.4 Å². The van der Waals surface area contributed by atoms with Gasteiger partial charge in [-0.25, -0.2) is 4.90 Å². The Hall–Kier alpha value is -2.00. The van der Waals surface area contributed by atoms with Gasteiger partial charge < -0.3 is 9.64 Å². The maximum absolute atomic E-state index is 13.4. The van der Waals surface area contributed by atoms with E-state index in [1.165, 1.54) is 16.7 Å². The number of rotatable bonds is 7. The largest absolute Gasteiger partial charge is 0.494 e. The van der Waals surface area contributed by atoms with Crippen LogP contribution in [0.25, 0.3) is 0 Å². The molecule has 32 heavy (non-hydrogen) atoms. The van der Waals surface area contributed by atoms with Crippen molar-refractivity contribution in [1.29, 1.82) is 0 Å². The van der Waals surface area contributed by atoms with E-state index in [1.807, 2.05) is 6.92 Å². The number of ether oxygens (including phenoxy) is 1. The van der Waals surface area contributed by atoms with Crippen molar-refractivity contribution in [2.75, 3.05) is 29.6 Å². The number of benzene rings is 1. The first-order chi connectivity index (χ1) is 15.6. The second-order valence-electron chi connectivity index (χ2n) is 8.09. The monoisotopic (exact) mass is 475 g/mol. The zero-order valence-electron chi connectivity index (χ0n) is 18.3. The molecule has 3 aliphatic rings. The summed E-state index contributed by atoms with van der Waals surface area (Å²) in [5, 5.41) is 0. The molecule has 0 aromatic heterocycles. The van der Waals surface area contributed by atoms with Crippen LogP contribution in [0.3, 0.4) is 0 Å². The van der Waals surface area contributed by atoms with E-state index in [0.717, 1.165) is 48.8 Å². The molecule has 2 aliphatic heterocycles. The van der Waals surface area contributed by atoms with Crippen molar-refractivity contribution in [3.8, 4) is 5.75 Å². The van der Waals surface area contributed by atoms with Crippen LogP contribution in [-0.4, -0.2) is 63.7 Å². The lowest BCUT2D eigenvalue weighted by molar-refractivity contribution is -0.139. The number of hydrogen-bond donors (Lipinski definition) is 0. The minimum absolute atomic E-state index is 0.0112. The maximum atomic E-state index is 13.4. The highest BCUT2D eigenvalue weighted by Crippen LogP contribution is 2.33. The van der Waals surface area contributed by atoms with Crippen LogP contribution in [0.4, 0.5) is 5.69 Å². The van der Waals surface area contributed by atoms with Crippen molar-refractivity contribution in [2.45, 2.75) is 57.5 Å². The average Bonchev–Trinajstić information content (AvgIpc) is 3.42. The number of thioether (sulfide) groups is 2. The van der Waals surface area contributed by atoms with Gasteiger partial charge in [-0.05, 0) is 44.0 Å². The van der Waals surface area contributed by atoms with E-state index >= 15 is 0 Å². The van der Waals surface area contributed by atoms with E-state index in [1.54, 1.807) is 40.9 Å². The number of imide groups is 1. The summed E-state index contributed by atoms with van der Waals surface area (Å²) >= 11 is 3.12. The number of aliphatic imine (C=N–C) groups is 1. The van der Waals surface area contributed by atoms with Crippen molar-refractivity contribution in [1.82, 2.24) is 4.90 Å². The first kappa shape index (κ1) is 23.2. The van der Waals surface area contributed by atoms with Crippen LogP contribution >= 0.6 is 23.5 Å². The van der Waals surface area contributed by atoms with Crippen LogP contribution in [-0.2, 0) is 14.4 Å². The smallest absolute Gasteiger partial charge is 0.257 e. The third kappa shape index (κ3) is 5.14. The fourth-order valence-corrected chi connectivity index (χ4v) is 6.43. The van der Waals surface area contributed by atoms with Crippen LogP contribution in [0.1, 0.15) is 45.4 Å². The molecule has 9 heteroatoms. The third-order valence-corrected chi connectivity index (χ3v) is 8.23. The van der Waals surface area contributed by atoms with Gasteiger partial charge >= 0.3 is 0 Å². The summed E-state index contributed by atoms with van der Waals surface area (Å²) in [6.45, 7) is 3.24. The molecule has 0 bridgehead atoms. The van der Waals surface area contributed by atoms with Gasteiger partial charge in [0.15, 0.2) is 0 Å².